The van der Waals surface area contributed by atoms with Gasteiger partial charge < -0.3 is 4.74 Å². The number of unbranched alkanes of at least 4 members (excludes halogenated alkanes) is 2. The van der Waals surface area contributed by atoms with E-state index in [0.29, 0.717) is 11.3 Å². The number of esters is 1. The summed E-state index contributed by atoms with van der Waals surface area (Å²) in [6.45, 7) is 3.99. The number of anilines is 1. The minimum atomic E-state index is -3.36. The standard InChI is InChI=1S/C15H23NO4S/c1-4-5-6-8-12(2)20-15(17)13-9-7-10-14(11-13)16-21(3,18)19/h7,9-12,16H,4-6,8H2,1-3H3. The molecular formula is C15H23NO4S. The van der Waals surface area contributed by atoms with Gasteiger partial charge in [-0.15, -0.1) is 0 Å². The Balaban J connectivity index is 2.64. The molecule has 0 amide bonds. The molecule has 21 heavy (non-hydrogen) atoms. The SMILES string of the molecule is CCCCCC(C)OC(=O)c1cccc(NS(C)(=O)=O)c1. The highest BCUT2D eigenvalue weighted by molar-refractivity contribution is 7.92. The topological polar surface area (TPSA) is 72.5 Å². The van der Waals surface area contributed by atoms with Gasteiger partial charge in [0.2, 0.25) is 10.0 Å². The lowest BCUT2D eigenvalue weighted by Crippen LogP contribution is -2.15. The van der Waals surface area contributed by atoms with Crippen LogP contribution in [0.25, 0.3) is 0 Å². The Kier molecular flexibility index (Phi) is 6.68. The molecule has 1 rings (SSSR count). The Bertz CT molecular complexity index is 569. The maximum atomic E-state index is 12.0. The highest BCUT2D eigenvalue weighted by Gasteiger charge is 2.13. The summed E-state index contributed by atoms with van der Waals surface area (Å²) < 4.78 is 30.0. The number of carbonyl (C=O) groups excluding carboxylic acids is 1. The lowest BCUT2D eigenvalue weighted by molar-refractivity contribution is 0.0319. The molecule has 0 aliphatic rings. The molecule has 6 heteroatoms. The number of carbonyl (C=O) groups is 1. The monoisotopic (exact) mass is 313 g/mol. The Hall–Kier alpha value is -1.56. The molecule has 1 unspecified atom stereocenters. The molecule has 1 N–H and O–H groups in total. The zero-order valence-electron chi connectivity index (χ0n) is 12.8. The van der Waals surface area contributed by atoms with Gasteiger partial charge in [-0.25, -0.2) is 13.2 Å². The van der Waals surface area contributed by atoms with Crippen LogP contribution in [0, 0.1) is 0 Å². The van der Waals surface area contributed by atoms with Crippen molar-refractivity contribution in [3.05, 3.63) is 29.8 Å². The van der Waals surface area contributed by atoms with Crippen molar-refractivity contribution in [1.29, 1.82) is 0 Å². The zero-order chi connectivity index (χ0) is 15.9. The normalized spacial score (nSPS) is 12.7. The molecule has 0 bridgehead atoms. The predicted octanol–water partition coefficient (Wildman–Crippen LogP) is 3.18. The summed E-state index contributed by atoms with van der Waals surface area (Å²) in [5.74, 6) is -0.434. The number of rotatable bonds is 8. The van der Waals surface area contributed by atoms with Gasteiger partial charge in [0.05, 0.1) is 17.9 Å². The molecular weight excluding hydrogens is 290 g/mol. The van der Waals surface area contributed by atoms with E-state index in [1.165, 1.54) is 6.07 Å². The van der Waals surface area contributed by atoms with E-state index in [-0.39, 0.29) is 6.10 Å². The first-order chi connectivity index (χ1) is 9.81. The van der Waals surface area contributed by atoms with Crippen LogP contribution in [-0.4, -0.2) is 26.7 Å². The first-order valence-electron chi connectivity index (χ1n) is 7.10. The minimum absolute atomic E-state index is 0.143. The molecule has 1 atom stereocenters. The average Bonchev–Trinajstić information content (AvgIpc) is 2.37. The van der Waals surface area contributed by atoms with Gasteiger partial charge in [0.25, 0.3) is 0 Å². The molecule has 0 saturated carbocycles. The van der Waals surface area contributed by atoms with Crippen molar-refractivity contribution in [2.24, 2.45) is 0 Å². The smallest absolute Gasteiger partial charge is 0.338 e. The molecule has 5 nitrogen and oxygen atoms in total. The molecule has 0 aliphatic heterocycles. The molecule has 0 saturated heterocycles. The van der Waals surface area contributed by atoms with Crippen LogP contribution in [0.3, 0.4) is 0 Å². The summed E-state index contributed by atoms with van der Waals surface area (Å²) in [6, 6.07) is 6.28. The summed E-state index contributed by atoms with van der Waals surface area (Å²) in [6.07, 6.45) is 5.03. The van der Waals surface area contributed by atoms with E-state index >= 15 is 0 Å². The fraction of sp³-hybridized carbons (Fsp3) is 0.533. The van der Waals surface area contributed by atoms with Crippen molar-refractivity contribution in [1.82, 2.24) is 0 Å². The van der Waals surface area contributed by atoms with Gasteiger partial charge in [0.15, 0.2) is 0 Å². The van der Waals surface area contributed by atoms with Gasteiger partial charge in [-0.1, -0.05) is 25.8 Å². The second-order valence-electron chi connectivity index (χ2n) is 5.17. The molecule has 0 heterocycles. The number of benzene rings is 1. The van der Waals surface area contributed by atoms with Gasteiger partial charge in [-0.05, 0) is 38.0 Å². The molecule has 0 spiro atoms. The molecule has 1 aromatic carbocycles. The first-order valence-corrected chi connectivity index (χ1v) is 9.00. The van der Waals surface area contributed by atoms with E-state index in [2.05, 4.69) is 11.6 Å². The maximum absolute atomic E-state index is 12.0. The van der Waals surface area contributed by atoms with Crippen LogP contribution in [0.1, 0.15) is 49.9 Å². The summed E-state index contributed by atoms with van der Waals surface area (Å²) in [5, 5.41) is 0. The Morgan fingerprint density at radius 2 is 2.05 bits per heavy atom. The third kappa shape index (κ3) is 7.13. The van der Waals surface area contributed by atoms with Crippen LogP contribution >= 0.6 is 0 Å². The van der Waals surface area contributed by atoms with Crippen molar-refractivity contribution < 1.29 is 17.9 Å². The van der Waals surface area contributed by atoms with Crippen molar-refractivity contribution in [3.8, 4) is 0 Å². The van der Waals surface area contributed by atoms with Crippen LogP contribution in [0.2, 0.25) is 0 Å². The maximum Gasteiger partial charge on any atom is 0.338 e. The number of ether oxygens (including phenoxy) is 1. The lowest BCUT2D eigenvalue weighted by Gasteiger charge is -2.13. The van der Waals surface area contributed by atoms with Gasteiger partial charge in [0, 0.05) is 5.69 Å². The Morgan fingerprint density at radius 3 is 2.67 bits per heavy atom. The lowest BCUT2D eigenvalue weighted by atomic mass is 10.1. The van der Waals surface area contributed by atoms with Crippen molar-refractivity contribution in [2.45, 2.75) is 45.6 Å². The predicted molar refractivity (Wildman–Crippen MR) is 83.9 cm³/mol. The second-order valence-corrected chi connectivity index (χ2v) is 6.92. The van der Waals surface area contributed by atoms with Crippen LogP contribution in [-0.2, 0) is 14.8 Å². The minimum Gasteiger partial charge on any atom is -0.459 e. The summed E-state index contributed by atoms with van der Waals surface area (Å²) in [5.41, 5.74) is 0.691. The number of sulfonamides is 1. The second kappa shape index (κ2) is 8.02. The molecule has 0 fully saturated rings. The van der Waals surface area contributed by atoms with Crippen molar-refractivity contribution in [2.75, 3.05) is 11.0 Å². The number of hydrogen-bond donors (Lipinski definition) is 1. The summed E-state index contributed by atoms with van der Waals surface area (Å²) in [7, 11) is -3.36. The fourth-order valence-corrected chi connectivity index (χ4v) is 2.47. The van der Waals surface area contributed by atoms with Crippen molar-refractivity contribution in [3.63, 3.8) is 0 Å². The van der Waals surface area contributed by atoms with Crippen LogP contribution in [0.4, 0.5) is 5.69 Å². The molecule has 1 aromatic rings. The summed E-state index contributed by atoms with van der Waals surface area (Å²) in [4.78, 5) is 12.0. The van der Waals surface area contributed by atoms with E-state index in [9.17, 15) is 13.2 Å². The van der Waals surface area contributed by atoms with Gasteiger partial charge >= 0.3 is 5.97 Å². The molecule has 0 radical (unpaired) electrons. The molecule has 0 aromatic heterocycles. The van der Waals surface area contributed by atoms with Gasteiger partial charge in [-0.2, -0.15) is 0 Å². The van der Waals surface area contributed by atoms with E-state index in [4.69, 9.17) is 4.74 Å². The zero-order valence-corrected chi connectivity index (χ0v) is 13.6. The third-order valence-corrected chi connectivity index (χ3v) is 3.53. The molecule has 0 aliphatic carbocycles. The van der Waals surface area contributed by atoms with Gasteiger partial charge in [0.1, 0.15) is 0 Å². The Labute approximate surface area is 126 Å². The highest BCUT2D eigenvalue weighted by Crippen LogP contribution is 2.15. The number of nitrogens with one attached hydrogen (secondary N) is 1. The van der Waals surface area contributed by atoms with E-state index in [1.807, 2.05) is 6.92 Å². The highest BCUT2D eigenvalue weighted by atomic mass is 32.2. The van der Waals surface area contributed by atoms with Gasteiger partial charge in [-0.3, -0.25) is 4.72 Å². The first kappa shape index (κ1) is 17.5. The average molecular weight is 313 g/mol. The van der Waals surface area contributed by atoms with E-state index < -0.39 is 16.0 Å². The largest absolute Gasteiger partial charge is 0.459 e. The van der Waals surface area contributed by atoms with Crippen molar-refractivity contribution >= 4 is 21.7 Å². The summed E-state index contributed by atoms with van der Waals surface area (Å²) >= 11 is 0. The van der Waals surface area contributed by atoms with Crippen LogP contribution in [0.5, 0.6) is 0 Å². The number of hydrogen-bond acceptors (Lipinski definition) is 4. The molecule has 118 valence electrons. The quantitative estimate of drug-likeness (QED) is 0.591. The fourth-order valence-electron chi connectivity index (χ4n) is 1.92. The van der Waals surface area contributed by atoms with Crippen LogP contribution in [0.15, 0.2) is 24.3 Å². The van der Waals surface area contributed by atoms with Crippen LogP contribution < -0.4 is 4.72 Å². The van der Waals surface area contributed by atoms with E-state index in [0.717, 1.165) is 31.9 Å². The van der Waals surface area contributed by atoms with E-state index in [1.54, 1.807) is 18.2 Å². The third-order valence-electron chi connectivity index (χ3n) is 2.92. The Morgan fingerprint density at radius 1 is 1.33 bits per heavy atom.